The summed E-state index contributed by atoms with van der Waals surface area (Å²) in [6, 6.07) is 12.5. The molecule has 0 atom stereocenters. The topological polar surface area (TPSA) is 17.1 Å². The van der Waals surface area contributed by atoms with Gasteiger partial charge in [-0.15, -0.1) is 0 Å². The SMILES string of the molecule is O=C1CCCCCc2ccc3ccccc3c21. The summed E-state index contributed by atoms with van der Waals surface area (Å²) in [6.45, 7) is 0. The van der Waals surface area contributed by atoms with Gasteiger partial charge in [0, 0.05) is 12.0 Å². The Morgan fingerprint density at radius 3 is 2.59 bits per heavy atom. The van der Waals surface area contributed by atoms with Crippen LogP contribution in [0.1, 0.15) is 41.6 Å². The molecule has 0 heterocycles. The van der Waals surface area contributed by atoms with Gasteiger partial charge in [0.25, 0.3) is 0 Å². The number of carbonyl (C=O) groups excluding carboxylic acids is 1. The maximum Gasteiger partial charge on any atom is 0.163 e. The Morgan fingerprint density at radius 1 is 0.824 bits per heavy atom. The van der Waals surface area contributed by atoms with Crippen LogP contribution in [0.15, 0.2) is 36.4 Å². The molecule has 0 saturated carbocycles. The van der Waals surface area contributed by atoms with Gasteiger partial charge in [0.15, 0.2) is 5.78 Å². The van der Waals surface area contributed by atoms with Crippen molar-refractivity contribution in [3.05, 3.63) is 47.5 Å². The highest BCUT2D eigenvalue weighted by molar-refractivity contribution is 6.09. The highest BCUT2D eigenvalue weighted by Crippen LogP contribution is 2.27. The van der Waals surface area contributed by atoms with E-state index < -0.39 is 0 Å². The van der Waals surface area contributed by atoms with E-state index in [1.54, 1.807) is 0 Å². The lowest BCUT2D eigenvalue weighted by atomic mass is 9.89. The summed E-state index contributed by atoms with van der Waals surface area (Å²) in [5.41, 5.74) is 2.23. The molecule has 0 bridgehead atoms. The monoisotopic (exact) mass is 224 g/mol. The Kier molecular flexibility index (Phi) is 2.68. The van der Waals surface area contributed by atoms with Crippen molar-refractivity contribution in [2.24, 2.45) is 0 Å². The zero-order valence-electron chi connectivity index (χ0n) is 9.91. The molecule has 1 aliphatic carbocycles. The summed E-state index contributed by atoms with van der Waals surface area (Å²) in [7, 11) is 0. The van der Waals surface area contributed by atoms with Crippen LogP contribution in [-0.2, 0) is 6.42 Å². The average Bonchev–Trinajstić information content (AvgIpc) is 2.35. The number of fused-ring (bicyclic) bond motifs is 3. The first-order valence-corrected chi connectivity index (χ1v) is 6.40. The fraction of sp³-hybridized carbons (Fsp3) is 0.312. The fourth-order valence-corrected chi connectivity index (χ4v) is 2.76. The summed E-state index contributed by atoms with van der Waals surface area (Å²) >= 11 is 0. The first-order valence-electron chi connectivity index (χ1n) is 6.40. The Hall–Kier alpha value is -1.63. The fourth-order valence-electron chi connectivity index (χ4n) is 2.76. The Morgan fingerprint density at radius 2 is 1.65 bits per heavy atom. The molecule has 17 heavy (non-hydrogen) atoms. The van der Waals surface area contributed by atoms with Crippen LogP contribution >= 0.6 is 0 Å². The van der Waals surface area contributed by atoms with Crippen LogP contribution in [0.25, 0.3) is 10.8 Å². The first-order chi connectivity index (χ1) is 8.36. The highest BCUT2D eigenvalue weighted by atomic mass is 16.1. The van der Waals surface area contributed by atoms with E-state index in [0.29, 0.717) is 12.2 Å². The number of rotatable bonds is 0. The van der Waals surface area contributed by atoms with Gasteiger partial charge in [0.05, 0.1) is 0 Å². The Labute approximate surface area is 101 Å². The van der Waals surface area contributed by atoms with Gasteiger partial charge >= 0.3 is 0 Å². The van der Waals surface area contributed by atoms with Crippen molar-refractivity contribution >= 4 is 16.6 Å². The van der Waals surface area contributed by atoms with Gasteiger partial charge in [-0.05, 0) is 35.6 Å². The second kappa shape index (κ2) is 4.33. The molecule has 1 nitrogen and oxygen atoms in total. The van der Waals surface area contributed by atoms with Crippen molar-refractivity contribution in [3.63, 3.8) is 0 Å². The number of benzene rings is 2. The molecule has 2 aromatic carbocycles. The Balaban J connectivity index is 2.27. The van der Waals surface area contributed by atoms with Crippen molar-refractivity contribution in [1.29, 1.82) is 0 Å². The third-order valence-corrected chi connectivity index (χ3v) is 3.64. The van der Waals surface area contributed by atoms with Gasteiger partial charge in [-0.25, -0.2) is 0 Å². The minimum Gasteiger partial charge on any atom is -0.294 e. The molecule has 0 fully saturated rings. The summed E-state index contributed by atoms with van der Waals surface area (Å²) in [4.78, 5) is 12.3. The zero-order valence-corrected chi connectivity index (χ0v) is 9.91. The standard InChI is InChI=1S/C16H16O/c17-15-9-3-1-2-7-13-11-10-12-6-4-5-8-14(12)16(13)15/h4-6,8,10-11H,1-3,7,9H2. The molecule has 0 amide bonds. The minimum absolute atomic E-state index is 0.330. The van der Waals surface area contributed by atoms with Gasteiger partial charge in [-0.2, -0.15) is 0 Å². The van der Waals surface area contributed by atoms with E-state index >= 15 is 0 Å². The normalized spacial score (nSPS) is 16.4. The summed E-state index contributed by atoms with van der Waals surface area (Å²) < 4.78 is 0. The summed E-state index contributed by atoms with van der Waals surface area (Å²) in [5, 5.41) is 2.32. The van der Waals surface area contributed by atoms with E-state index in [1.807, 2.05) is 12.1 Å². The molecule has 2 aromatic rings. The molecular weight excluding hydrogens is 208 g/mol. The largest absolute Gasteiger partial charge is 0.294 e. The van der Waals surface area contributed by atoms with Crippen LogP contribution in [0, 0.1) is 0 Å². The third kappa shape index (κ3) is 1.86. The lowest BCUT2D eigenvalue weighted by Crippen LogP contribution is -2.08. The molecule has 3 rings (SSSR count). The van der Waals surface area contributed by atoms with Gasteiger partial charge < -0.3 is 0 Å². The molecule has 0 aliphatic heterocycles. The van der Waals surface area contributed by atoms with E-state index in [0.717, 1.165) is 23.8 Å². The van der Waals surface area contributed by atoms with Gasteiger partial charge in [0.1, 0.15) is 0 Å². The van der Waals surface area contributed by atoms with Crippen LogP contribution in [0.2, 0.25) is 0 Å². The molecule has 0 aromatic heterocycles. The van der Waals surface area contributed by atoms with Crippen LogP contribution in [0.3, 0.4) is 0 Å². The van der Waals surface area contributed by atoms with Crippen molar-refractivity contribution in [1.82, 2.24) is 0 Å². The van der Waals surface area contributed by atoms with Crippen molar-refractivity contribution in [3.8, 4) is 0 Å². The maximum absolute atomic E-state index is 12.3. The zero-order chi connectivity index (χ0) is 11.7. The molecule has 86 valence electrons. The predicted octanol–water partition coefficient (Wildman–Crippen LogP) is 4.14. The van der Waals surface area contributed by atoms with Crippen LogP contribution < -0.4 is 0 Å². The predicted molar refractivity (Wildman–Crippen MR) is 70.5 cm³/mol. The smallest absolute Gasteiger partial charge is 0.163 e. The Bertz CT molecular complexity index is 569. The van der Waals surface area contributed by atoms with Crippen LogP contribution in [0.5, 0.6) is 0 Å². The molecule has 0 saturated heterocycles. The highest BCUT2D eigenvalue weighted by Gasteiger charge is 2.16. The molecular formula is C16H16O. The van der Waals surface area contributed by atoms with Crippen molar-refractivity contribution in [2.75, 3.05) is 0 Å². The molecule has 0 N–H and O–H groups in total. The number of aryl methyl sites for hydroxylation is 1. The molecule has 0 radical (unpaired) electrons. The van der Waals surface area contributed by atoms with Gasteiger partial charge in [-0.3, -0.25) is 4.79 Å². The molecule has 0 spiro atoms. The molecule has 1 heteroatoms. The minimum atomic E-state index is 0.330. The van der Waals surface area contributed by atoms with Crippen LogP contribution in [0.4, 0.5) is 0 Å². The van der Waals surface area contributed by atoms with Crippen molar-refractivity contribution < 1.29 is 4.79 Å². The van der Waals surface area contributed by atoms with Crippen molar-refractivity contribution in [2.45, 2.75) is 32.1 Å². The number of ketones is 1. The lowest BCUT2D eigenvalue weighted by molar-refractivity contribution is 0.0978. The third-order valence-electron chi connectivity index (χ3n) is 3.64. The van der Waals surface area contributed by atoms with Gasteiger partial charge in [-0.1, -0.05) is 42.8 Å². The molecule has 1 aliphatic rings. The van der Waals surface area contributed by atoms with Crippen LogP contribution in [-0.4, -0.2) is 5.78 Å². The van der Waals surface area contributed by atoms with E-state index in [-0.39, 0.29) is 0 Å². The molecule has 0 unspecified atom stereocenters. The number of hydrogen-bond acceptors (Lipinski definition) is 1. The van der Waals surface area contributed by atoms with E-state index in [2.05, 4.69) is 24.3 Å². The van der Waals surface area contributed by atoms with Gasteiger partial charge in [0.2, 0.25) is 0 Å². The quantitative estimate of drug-likeness (QED) is 0.657. The second-order valence-electron chi connectivity index (χ2n) is 4.80. The second-order valence-corrected chi connectivity index (χ2v) is 4.80. The summed E-state index contributed by atoms with van der Waals surface area (Å²) in [5.74, 6) is 0.330. The number of carbonyl (C=O) groups is 1. The van der Waals surface area contributed by atoms with E-state index in [4.69, 9.17) is 0 Å². The first kappa shape index (κ1) is 10.5. The van der Waals surface area contributed by atoms with E-state index in [1.165, 1.54) is 23.8 Å². The summed E-state index contributed by atoms with van der Waals surface area (Å²) in [6.07, 6.45) is 5.19. The lowest BCUT2D eigenvalue weighted by Gasteiger charge is -2.15. The number of hydrogen-bond donors (Lipinski definition) is 0. The maximum atomic E-state index is 12.3. The average molecular weight is 224 g/mol. The number of Topliss-reactive ketones (excluding diaryl/α,β-unsaturated/α-hetero) is 1. The van der Waals surface area contributed by atoms with E-state index in [9.17, 15) is 4.79 Å².